The fourth-order valence-electron chi connectivity index (χ4n) is 2.48. The number of unbranched alkanes of at least 4 members (excludes halogenated alkanes) is 1. The number of amides is 1. The number of hydrogen-bond acceptors (Lipinski definition) is 3. The average Bonchev–Trinajstić information content (AvgIpc) is 2.23. The van der Waals surface area contributed by atoms with E-state index < -0.39 is 0 Å². The molecule has 1 saturated carbocycles. The van der Waals surface area contributed by atoms with Crippen molar-refractivity contribution >= 4 is 5.91 Å². The van der Waals surface area contributed by atoms with Gasteiger partial charge in [-0.2, -0.15) is 0 Å². The highest BCUT2D eigenvalue weighted by Gasteiger charge is 2.25. The number of hydrogen-bond donors (Lipinski definition) is 2. The molecule has 0 heterocycles. The summed E-state index contributed by atoms with van der Waals surface area (Å²) in [6.45, 7) is 3.52. The molecule has 2 atom stereocenters. The van der Waals surface area contributed by atoms with Gasteiger partial charge in [-0.25, -0.2) is 0 Å². The lowest BCUT2D eigenvalue weighted by Gasteiger charge is -2.35. The number of carbonyl (C=O) groups is 1. The first-order valence-corrected chi connectivity index (χ1v) is 6.41. The van der Waals surface area contributed by atoms with Gasteiger partial charge in [-0.3, -0.25) is 9.69 Å². The highest BCUT2D eigenvalue weighted by Crippen LogP contribution is 2.22. The Bertz CT molecular complexity index is 220. The van der Waals surface area contributed by atoms with Gasteiger partial charge in [0, 0.05) is 12.1 Å². The molecule has 0 aromatic carbocycles. The van der Waals surface area contributed by atoms with E-state index in [9.17, 15) is 4.79 Å². The number of rotatable bonds is 6. The molecule has 0 radical (unpaired) electrons. The third kappa shape index (κ3) is 4.49. The zero-order valence-corrected chi connectivity index (χ0v) is 10.3. The van der Waals surface area contributed by atoms with Crippen LogP contribution in [0.25, 0.3) is 0 Å². The van der Waals surface area contributed by atoms with E-state index in [2.05, 4.69) is 11.8 Å². The second-order valence-electron chi connectivity index (χ2n) is 4.87. The van der Waals surface area contributed by atoms with Crippen LogP contribution in [0.1, 0.15) is 45.4 Å². The van der Waals surface area contributed by atoms with Crippen LogP contribution in [0.4, 0.5) is 0 Å². The van der Waals surface area contributed by atoms with E-state index in [1.165, 1.54) is 6.42 Å². The number of nitrogens with zero attached hydrogens (tertiary/aromatic N) is 1. The molecule has 0 saturated heterocycles. The molecule has 1 aliphatic carbocycles. The molecule has 0 aliphatic heterocycles. The maximum absolute atomic E-state index is 11.0. The number of carbonyl (C=O) groups excluding carboxylic acids is 1. The Morgan fingerprint density at radius 3 is 2.75 bits per heavy atom. The van der Waals surface area contributed by atoms with Crippen LogP contribution in [0.3, 0.4) is 0 Å². The first kappa shape index (κ1) is 13.5. The number of primary amides is 1. The predicted octanol–water partition coefficient (Wildman–Crippen LogP) is 0.844. The van der Waals surface area contributed by atoms with Crippen LogP contribution in [-0.4, -0.2) is 36.0 Å². The normalized spacial score (nSPS) is 25.9. The second kappa shape index (κ2) is 6.86. The maximum atomic E-state index is 11.0. The fourth-order valence-corrected chi connectivity index (χ4v) is 2.48. The third-order valence-corrected chi connectivity index (χ3v) is 3.36. The van der Waals surface area contributed by atoms with Crippen LogP contribution < -0.4 is 11.5 Å². The fraction of sp³-hybridized carbons (Fsp3) is 0.917. The molecule has 4 N–H and O–H groups in total. The molecule has 1 aliphatic rings. The zero-order chi connectivity index (χ0) is 12.0. The minimum absolute atomic E-state index is 0.227. The summed E-state index contributed by atoms with van der Waals surface area (Å²) in [6, 6.07) is 0.763. The van der Waals surface area contributed by atoms with E-state index in [0.717, 1.165) is 38.6 Å². The SMILES string of the molecule is CCCCN(CC(N)=O)C1CCCC(N)C1. The van der Waals surface area contributed by atoms with Crippen molar-refractivity contribution in [3.8, 4) is 0 Å². The van der Waals surface area contributed by atoms with Gasteiger partial charge in [0.2, 0.25) is 5.91 Å². The van der Waals surface area contributed by atoms with Gasteiger partial charge in [-0.05, 0) is 32.2 Å². The predicted molar refractivity (Wildman–Crippen MR) is 65.9 cm³/mol. The number of nitrogens with two attached hydrogens (primary N) is 2. The molecule has 4 heteroatoms. The van der Waals surface area contributed by atoms with Crippen molar-refractivity contribution < 1.29 is 4.79 Å². The van der Waals surface area contributed by atoms with E-state index in [1.54, 1.807) is 0 Å². The summed E-state index contributed by atoms with van der Waals surface area (Å²) >= 11 is 0. The standard InChI is InChI=1S/C12H25N3O/c1-2-3-7-15(9-12(14)16)11-6-4-5-10(13)8-11/h10-11H,2-9,13H2,1H3,(H2,14,16). The first-order chi connectivity index (χ1) is 7.63. The Hall–Kier alpha value is -0.610. The second-order valence-corrected chi connectivity index (χ2v) is 4.87. The molecular weight excluding hydrogens is 202 g/mol. The van der Waals surface area contributed by atoms with Crippen molar-refractivity contribution in [1.82, 2.24) is 4.90 Å². The van der Waals surface area contributed by atoms with Gasteiger partial charge in [0.1, 0.15) is 0 Å². The molecule has 16 heavy (non-hydrogen) atoms. The summed E-state index contributed by atoms with van der Waals surface area (Å²) in [7, 11) is 0. The van der Waals surface area contributed by atoms with E-state index in [1.807, 2.05) is 0 Å². The van der Waals surface area contributed by atoms with Gasteiger partial charge in [-0.15, -0.1) is 0 Å². The topological polar surface area (TPSA) is 72.3 Å². The van der Waals surface area contributed by atoms with Gasteiger partial charge < -0.3 is 11.5 Å². The van der Waals surface area contributed by atoms with Crippen LogP contribution in [0.2, 0.25) is 0 Å². The molecule has 0 bridgehead atoms. The van der Waals surface area contributed by atoms with Crippen molar-refractivity contribution in [1.29, 1.82) is 0 Å². The highest BCUT2D eigenvalue weighted by molar-refractivity contribution is 5.75. The van der Waals surface area contributed by atoms with Gasteiger partial charge >= 0.3 is 0 Å². The minimum Gasteiger partial charge on any atom is -0.369 e. The van der Waals surface area contributed by atoms with Crippen LogP contribution >= 0.6 is 0 Å². The summed E-state index contributed by atoms with van der Waals surface area (Å²) in [4.78, 5) is 13.3. The van der Waals surface area contributed by atoms with E-state index in [4.69, 9.17) is 11.5 Å². The Labute approximate surface area is 98.3 Å². The Kier molecular flexibility index (Phi) is 5.77. The smallest absolute Gasteiger partial charge is 0.231 e. The van der Waals surface area contributed by atoms with Gasteiger partial charge in [0.25, 0.3) is 0 Å². The maximum Gasteiger partial charge on any atom is 0.231 e. The quantitative estimate of drug-likeness (QED) is 0.706. The molecule has 94 valence electrons. The summed E-state index contributed by atoms with van der Waals surface area (Å²) in [6.07, 6.45) is 6.73. The molecule has 0 aromatic heterocycles. The van der Waals surface area contributed by atoms with Crippen LogP contribution in [0.15, 0.2) is 0 Å². The lowest BCUT2D eigenvalue weighted by Crippen LogP contribution is -2.46. The van der Waals surface area contributed by atoms with Crippen molar-refractivity contribution in [2.24, 2.45) is 11.5 Å². The highest BCUT2D eigenvalue weighted by atomic mass is 16.1. The lowest BCUT2D eigenvalue weighted by molar-refractivity contribution is -0.119. The monoisotopic (exact) mass is 227 g/mol. The molecule has 0 aromatic rings. The molecule has 4 nitrogen and oxygen atoms in total. The molecule has 1 fully saturated rings. The van der Waals surface area contributed by atoms with Crippen molar-refractivity contribution in [3.05, 3.63) is 0 Å². The van der Waals surface area contributed by atoms with E-state index >= 15 is 0 Å². The van der Waals surface area contributed by atoms with Crippen LogP contribution in [0.5, 0.6) is 0 Å². The summed E-state index contributed by atoms with van der Waals surface area (Å²) < 4.78 is 0. The molecule has 0 spiro atoms. The van der Waals surface area contributed by atoms with Crippen LogP contribution in [0, 0.1) is 0 Å². The van der Waals surface area contributed by atoms with Gasteiger partial charge in [0.05, 0.1) is 6.54 Å². The van der Waals surface area contributed by atoms with E-state index in [0.29, 0.717) is 18.6 Å². The third-order valence-electron chi connectivity index (χ3n) is 3.36. The summed E-state index contributed by atoms with van der Waals surface area (Å²) in [5, 5.41) is 0. The largest absolute Gasteiger partial charge is 0.369 e. The molecular formula is C12H25N3O. The Morgan fingerprint density at radius 2 is 2.19 bits per heavy atom. The van der Waals surface area contributed by atoms with Gasteiger partial charge in [-0.1, -0.05) is 19.8 Å². The average molecular weight is 227 g/mol. The Morgan fingerprint density at radius 1 is 1.44 bits per heavy atom. The van der Waals surface area contributed by atoms with E-state index in [-0.39, 0.29) is 5.91 Å². The summed E-state index contributed by atoms with van der Waals surface area (Å²) in [5.74, 6) is -0.227. The lowest BCUT2D eigenvalue weighted by atomic mass is 9.90. The minimum atomic E-state index is -0.227. The molecule has 2 unspecified atom stereocenters. The molecule has 1 amide bonds. The van der Waals surface area contributed by atoms with Crippen molar-refractivity contribution in [2.75, 3.05) is 13.1 Å². The van der Waals surface area contributed by atoms with Crippen LogP contribution in [-0.2, 0) is 4.79 Å². The van der Waals surface area contributed by atoms with Crippen molar-refractivity contribution in [2.45, 2.75) is 57.5 Å². The van der Waals surface area contributed by atoms with Crippen molar-refractivity contribution in [3.63, 3.8) is 0 Å². The van der Waals surface area contributed by atoms with Gasteiger partial charge in [0.15, 0.2) is 0 Å². The first-order valence-electron chi connectivity index (χ1n) is 6.41. The Balaban J connectivity index is 2.48. The zero-order valence-electron chi connectivity index (χ0n) is 10.3. The molecule has 1 rings (SSSR count). The summed E-state index contributed by atoms with van der Waals surface area (Å²) in [5.41, 5.74) is 11.3.